The van der Waals surface area contributed by atoms with E-state index in [0.29, 0.717) is 5.56 Å². The van der Waals surface area contributed by atoms with Crippen molar-refractivity contribution < 1.29 is 9.53 Å². The van der Waals surface area contributed by atoms with Crippen LogP contribution in [0.2, 0.25) is 0 Å². The van der Waals surface area contributed by atoms with Gasteiger partial charge in [-0.15, -0.1) is 0 Å². The van der Waals surface area contributed by atoms with Crippen LogP contribution in [0.3, 0.4) is 0 Å². The van der Waals surface area contributed by atoms with Crippen LogP contribution in [0.25, 0.3) is 10.4 Å². The molecule has 1 aliphatic heterocycles. The molecule has 6 heteroatoms. The number of carbonyl (C=O) groups is 1. The summed E-state index contributed by atoms with van der Waals surface area (Å²) in [4.78, 5) is 20.6. The van der Waals surface area contributed by atoms with Crippen molar-refractivity contribution in [3.05, 3.63) is 118 Å². The first-order valence-electron chi connectivity index (χ1n) is 9.26. The first kappa shape index (κ1) is 18.5. The van der Waals surface area contributed by atoms with Crippen molar-refractivity contribution in [1.82, 2.24) is 0 Å². The average molecular weight is 382 g/mol. The van der Waals surface area contributed by atoms with Crippen LogP contribution >= 0.6 is 0 Å². The van der Waals surface area contributed by atoms with Crippen LogP contribution in [0.4, 0.5) is 0 Å². The average Bonchev–Trinajstić information content (AvgIpc) is 2.79. The number of cyclic esters (lactones) is 1. The summed E-state index contributed by atoms with van der Waals surface area (Å²) >= 11 is 0. The van der Waals surface area contributed by atoms with Gasteiger partial charge in [0.05, 0.1) is 0 Å². The number of nitrogens with zero attached hydrogens (tertiary/aromatic N) is 4. The number of aliphatic imine (C=N–C) groups is 1. The molecule has 0 aliphatic carbocycles. The molecule has 0 bridgehead atoms. The molecule has 1 aliphatic rings. The van der Waals surface area contributed by atoms with Crippen LogP contribution < -0.4 is 0 Å². The van der Waals surface area contributed by atoms with Gasteiger partial charge < -0.3 is 4.74 Å². The van der Waals surface area contributed by atoms with E-state index in [4.69, 9.17) is 15.3 Å². The number of carbonyl (C=O) groups excluding carboxylic acids is 1. The Bertz CT molecular complexity index is 1060. The quantitative estimate of drug-likeness (QED) is 0.263. The Morgan fingerprint density at radius 3 is 2.10 bits per heavy atom. The SMILES string of the molecule is [N-]=[N+]=N[C@@H](c1ccccc1)[C@@H]1OC(=O)C(c2ccccc2)=N[C@@H]1c1ccccc1. The third-order valence-corrected chi connectivity index (χ3v) is 4.83. The van der Waals surface area contributed by atoms with Crippen LogP contribution in [0, 0.1) is 0 Å². The van der Waals surface area contributed by atoms with Gasteiger partial charge in [-0.1, -0.05) is 96.1 Å². The number of esters is 1. The minimum atomic E-state index is -0.754. The molecular formula is C23H18N4O2. The minimum absolute atomic E-state index is 0.267. The number of hydrogen-bond donors (Lipinski definition) is 0. The van der Waals surface area contributed by atoms with Crippen molar-refractivity contribution in [1.29, 1.82) is 0 Å². The summed E-state index contributed by atoms with van der Waals surface area (Å²) in [5.74, 6) is -0.526. The van der Waals surface area contributed by atoms with E-state index in [9.17, 15) is 4.79 Å². The zero-order valence-electron chi connectivity index (χ0n) is 15.5. The highest BCUT2D eigenvalue weighted by molar-refractivity contribution is 6.43. The van der Waals surface area contributed by atoms with Gasteiger partial charge in [0.15, 0.2) is 5.71 Å². The van der Waals surface area contributed by atoms with Gasteiger partial charge in [0, 0.05) is 10.5 Å². The molecule has 0 aromatic heterocycles. The van der Waals surface area contributed by atoms with E-state index in [2.05, 4.69) is 10.0 Å². The normalized spacial score (nSPS) is 19.4. The highest BCUT2D eigenvalue weighted by Crippen LogP contribution is 2.38. The maximum atomic E-state index is 12.8. The zero-order valence-corrected chi connectivity index (χ0v) is 15.5. The summed E-state index contributed by atoms with van der Waals surface area (Å²) in [5.41, 5.74) is 11.8. The van der Waals surface area contributed by atoms with E-state index in [1.54, 1.807) is 0 Å². The molecule has 29 heavy (non-hydrogen) atoms. The molecule has 3 aromatic rings. The van der Waals surface area contributed by atoms with Gasteiger partial charge in [0.25, 0.3) is 0 Å². The second kappa shape index (κ2) is 8.42. The lowest BCUT2D eigenvalue weighted by Gasteiger charge is -2.33. The van der Waals surface area contributed by atoms with Crippen LogP contribution in [0.1, 0.15) is 28.8 Å². The Morgan fingerprint density at radius 2 is 1.48 bits per heavy atom. The van der Waals surface area contributed by atoms with Crippen LogP contribution in [-0.2, 0) is 9.53 Å². The molecule has 0 radical (unpaired) electrons. The lowest BCUT2D eigenvalue weighted by Crippen LogP contribution is -2.38. The molecule has 0 saturated heterocycles. The van der Waals surface area contributed by atoms with Gasteiger partial charge >= 0.3 is 5.97 Å². The predicted octanol–water partition coefficient (Wildman–Crippen LogP) is 5.19. The fourth-order valence-electron chi connectivity index (χ4n) is 3.48. The summed E-state index contributed by atoms with van der Waals surface area (Å²) in [6.45, 7) is 0. The number of ether oxygens (including phenoxy) is 1. The van der Waals surface area contributed by atoms with E-state index < -0.39 is 24.2 Å². The molecule has 0 fully saturated rings. The lowest BCUT2D eigenvalue weighted by molar-refractivity contribution is -0.144. The Hall–Kier alpha value is -3.89. The summed E-state index contributed by atoms with van der Waals surface area (Å²) in [7, 11) is 0. The molecule has 0 saturated carbocycles. The molecule has 0 amide bonds. The van der Waals surface area contributed by atoms with Crippen molar-refractivity contribution in [2.24, 2.45) is 10.1 Å². The van der Waals surface area contributed by atoms with Crippen molar-refractivity contribution in [3.8, 4) is 0 Å². The topological polar surface area (TPSA) is 87.4 Å². The summed E-state index contributed by atoms with van der Waals surface area (Å²) < 4.78 is 5.85. The molecule has 142 valence electrons. The molecule has 0 unspecified atom stereocenters. The maximum absolute atomic E-state index is 12.8. The van der Waals surface area contributed by atoms with Gasteiger partial charge in [0.2, 0.25) is 0 Å². The summed E-state index contributed by atoms with van der Waals surface area (Å²) in [5, 5.41) is 3.96. The van der Waals surface area contributed by atoms with Crippen LogP contribution in [-0.4, -0.2) is 17.8 Å². The van der Waals surface area contributed by atoms with Gasteiger partial charge in [-0.25, -0.2) is 4.79 Å². The van der Waals surface area contributed by atoms with Gasteiger partial charge in [-0.05, 0) is 16.7 Å². The fourth-order valence-corrected chi connectivity index (χ4v) is 3.48. The van der Waals surface area contributed by atoms with Gasteiger partial charge in [0.1, 0.15) is 18.2 Å². The molecule has 3 aromatic carbocycles. The van der Waals surface area contributed by atoms with E-state index in [1.807, 2.05) is 91.0 Å². The fraction of sp³-hybridized carbons (Fsp3) is 0.130. The monoisotopic (exact) mass is 382 g/mol. The molecule has 0 spiro atoms. The highest BCUT2D eigenvalue weighted by atomic mass is 16.5. The van der Waals surface area contributed by atoms with Crippen LogP contribution in [0.15, 0.2) is 101 Å². The van der Waals surface area contributed by atoms with Crippen molar-refractivity contribution >= 4 is 11.7 Å². The third kappa shape index (κ3) is 3.88. The lowest BCUT2D eigenvalue weighted by atomic mass is 9.91. The molecule has 0 N–H and O–H groups in total. The zero-order chi connectivity index (χ0) is 20.1. The third-order valence-electron chi connectivity index (χ3n) is 4.83. The molecule has 3 atom stereocenters. The second-order valence-electron chi connectivity index (χ2n) is 6.63. The Balaban J connectivity index is 1.83. The summed E-state index contributed by atoms with van der Waals surface area (Å²) in [6.07, 6.45) is -0.754. The number of benzene rings is 3. The first-order valence-corrected chi connectivity index (χ1v) is 9.26. The van der Waals surface area contributed by atoms with Gasteiger partial charge in [-0.3, -0.25) is 4.99 Å². The van der Waals surface area contributed by atoms with Crippen molar-refractivity contribution in [2.75, 3.05) is 0 Å². The molecule has 1 heterocycles. The maximum Gasteiger partial charge on any atom is 0.357 e. The number of hydrogen-bond acceptors (Lipinski definition) is 4. The predicted molar refractivity (Wildman–Crippen MR) is 110 cm³/mol. The first-order chi connectivity index (χ1) is 14.3. The highest BCUT2D eigenvalue weighted by Gasteiger charge is 2.39. The molecule has 4 rings (SSSR count). The largest absolute Gasteiger partial charge is 0.454 e. The van der Waals surface area contributed by atoms with Gasteiger partial charge in [-0.2, -0.15) is 0 Å². The molecule has 6 nitrogen and oxygen atoms in total. The number of rotatable bonds is 5. The van der Waals surface area contributed by atoms with Crippen LogP contribution in [0.5, 0.6) is 0 Å². The second-order valence-corrected chi connectivity index (χ2v) is 6.63. The Kier molecular flexibility index (Phi) is 5.36. The van der Waals surface area contributed by atoms with E-state index >= 15 is 0 Å². The minimum Gasteiger partial charge on any atom is -0.454 e. The molecular weight excluding hydrogens is 364 g/mol. The Morgan fingerprint density at radius 1 is 0.897 bits per heavy atom. The van der Waals surface area contributed by atoms with Crippen molar-refractivity contribution in [3.63, 3.8) is 0 Å². The smallest absolute Gasteiger partial charge is 0.357 e. The van der Waals surface area contributed by atoms with E-state index in [1.165, 1.54) is 0 Å². The number of azide groups is 1. The summed E-state index contributed by atoms with van der Waals surface area (Å²) in [6, 6.07) is 26.9. The van der Waals surface area contributed by atoms with E-state index in [0.717, 1.165) is 11.1 Å². The van der Waals surface area contributed by atoms with Crippen molar-refractivity contribution in [2.45, 2.75) is 18.2 Å². The Labute approximate surface area is 168 Å². The van der Waals surface area contributed by atoms with E-state index in [-0.39, 0.29) is 5.71 Å². The standard InChI is InChI=1S/C23H18N4O2/c24-27-26-20(17-12-6-2-7-13-17)22-19(16-10-4-1-5-11-16)25-21(23(28)29-22)18-14-8-3-9-15-18/h1-15,19-20,22H/t19-,20+,22-/m1/s1.